The molecule has 2 atom stereocenters. The average molecular weight is 1100 g/mol. The molecule has 0 saturated heterocycles. The number of likely N-dealkylation sites (N-methyl/N-ethyl adjacent to an activating group) is 1. The van der Waals surface area contributed by atoms with Gasteiger partial charge in [0.15, 0.2) is 6.10 Å². The molecule has 9 nitrogen and oxygen atoms in total. The van der Waals surface area contributed by atoms with E-state index in [1.54, 1.807) is 0 Å². The largest absolute Gasteiger partial charge is 0.472 e. The number of hydrogen-bond acceptors (Lipinski definition) is 7. The highest BCUT2D eigenvalue weighted by Crippen LogP contribution is 2.43. The molecule has 0 spiro atoms. The summed E-state index contributed by atoms with van der Waals surface area (Å²) in [6, 6.07) is 0. The van der Waals surface area contributed by atoms with Crippen LogP contribution in [0.4, 0.5) is 0 Å². The number of esters is 2. The van der Waals surface area contributed by atoms with E-state index in [2.05, 4.69) is 196 Å². The summed E-state index contributed by atoms with van der Waals surface area (Å²) in [5, 5.41) is 0. The summed E-state index contributed by atoms with van der Waals surface area (Å²) in [5.41, 5.74) is 0. The second-order valence-electron chi connectivity index (χ2n) is 19.9. The third-order valence-corrected chi connectivity index (χ3v) is 12.4. The number of phosphoric ester groups is 1. The first-order chi connectivity index (χ1) is 38.0. The van der Waals surface area contributed by atoms with Crippen molar-refractivity contribution < 1.29 is 42.1 Å². The minimum atomic E-state index is -4.41. The van der Waals surface area contributed by atoms with Gasteiger partial charge in [-0.1, -0.05) is 215 Å². The van der Waals surface area contributed by atoms with E-state index in [-0.39, 0.29) is 26.1 Å². The van der Waals surface area contributed by atoms with Gasteiger partial charge in [0.25, 0.3) is 0 Å². The molecule has 0 aromatic heterocycles. The van der Waals surface area contributed by atoms with Gasteiger partial charge in [0.2, 0.25) is 0 Å². The van der Waals surface area contributed by atoms with Crippen molar-refractivity contribution in [3.8, 4) is 0 Å². The molecule has 436 valence electrons. The van der Waals surface area contributed by atoms with Gasteiger partial charge in [-0.3, -0.25) is 18.6 Å². The maximum absolute atomic E-state index is 12.8. The minimum absolute atomic E-state index is 0.00999. The van der Waals surface area contributed by atoms with Crippen LogP contribution in [0.5, 0.6) is 0 Å². The predicted octanol–water partition coefficient (Wildman–Crippen LogP) is 18.8. The Labute approximate surface area is 476 Å². The van der Waals surface area contributed by atoms with E-state index in [9.17, 15) is 19.0 Å². The zero-order chi connectivity index (χ0) is 57.0. The van der Waals surface area contributed by atoms with Crippen molar-refractivity contribution in [2.24, 2.45) is 0 Å². The number of ether oxygens (including phenoxy) is 2. The Balaban J connectivity index is 4.24. The Hall–Kier alpha value is -4.89. The Morgan fingerprint density at radius 1 is 0.397 bits per heavy atom. The van der Waals surface area contributed by atoms with Gasteiger partial charge in [-0.25, -0.2) is 4.57 Å². The van der Waals surface area contributed by atoms with E-state index in [1.807, 2.05) is 21.1 Å². The predicted molar refractivity (Wildman–Crippen MR) is 334 cm³/mol. The van der Waals surface area contributed by atoms with Crippen molar-refractivity contribution in [3.05, 3.63) is 182 Å². The van der Waals surface area contributed by atoms with E-state index in [0.29, 0.717) is 23.9 Å². The first-order valence-electron chi connectivity index (χ1n) is 29.5. The maximum Gasteiger partial charge on any atom is 0.472 e. The van der Waals surface area contributed by atoms with Crippen molar-refractivity contribution in [1.82, 2.24) is 0 Å². The molecule has 0 saturated carbocycles. The molecule has 0 radical (unpaired) electrons. The van der Waals surface area contributed by atoms with Crippen LogP contribution < -0.4 is 0 Å². The number of carbonyl (C=O) groups is 2. The van der Waals surface area contributed by atoms with Gasteiger partial charge in [-0.05, 0) is 135 Å². The molecule has 10 heteroatoms. The third-order valence-electron chi connectivity index (χ3n) is 11.4. The standard InChI is InChI=1S/C68H106NO8P/c1-6-8-10-12-14-16-18-20-22-23-24-25-26-27-28-29-30-31-32-33-34-35-36-37-38-39-40-41-42-43-44-45-47-49-51-53-55-57-59-61-68(71)77-66(65-76-78(72,73)75-63-62-69(3,4)5)64-74-67(70)60-58-56-54-52-50-48-46-21-19-17-15-13-11-9-7-2/h8-11,14-17,20-22,24-25,27-28,30-31,33-34,36-37,39-40,42-43,45-47,50,52,66H,6-7,12-13,18-19,23,26,29,32,35,38,41,44,48-49,51,53-65H2,1-5H3/p+1/b10-8-,11-9-,16-14-,17-15-,22-20-,25-24-,28-27-,31-30-,34-33-,37-36-,40-39-,43-42-,46-21-,47-45-,52-50-. The van der Waals surface area contributed by atoms with Crippen LogP contribution in [-0.2, 0) is 32.7 Å². The first-order valence-corrected chi connectivity index (χ1v) is 31.0. The molecular formula is C68H107NO8P+. The first kappa shape index (κ1) is 73.1. The number of phosphoric acid groups is 1. The quantitative estimate of drug-likeness (QED) is 0.0211. The summed E-state index contributed by atoms with van der Waals surface area (Å²) in [4.78, 5) is 35.6. The second kappa shape index (κ2) is 56.8. The zero-order valence-electron chi connectivity index (χ0n) is 49.3. The summed E-state index contributed by atoms with van der Waals surface area (Å²) < 4.78 is 34.4. The van der Waals surface area contributed by atoms with Gasteiger partial charge in [-0.2, -0.15) is 0 Å². The highest BCUT2D eigenvalue weighted by atomic mass is 31.2. The van der Waals surface area contributed by atoms with Crippen LogP contribution in [0.3, 0.4) is 0 Å². The van der Waals surface area contributed by atoms with E-state index in [4.69, 9.17) is 18.5 Å². The average Bonchev–Trinajstić information content (AvgIpc) is 3.41. The summed E-state index contributed by atoms with van der Waals surface area (Å²) in [5.74, 6) is -0.887. The van der Waals surface area contributed by atoms with E-state index < -0.39 is 32.5 Å². The lowest BCUT2D eigenvalue weighted by Gasteiger charge is -2.24. The number of nitrogens with zero attached hydrogens (tertiary/aromatic N) is 1. The van der Waals surface area contributed by atoms with Gasteiger partial charge < -0.3 is 18.9 Å². The fourth-order valence-corrected chi connectivity index (χ4v) is 7.69. The van der Waals surface area contributed by atoms with Gasteiger partial charge in [0.05, 0.1) is 27.7 Å². The lowest BCUT2D eigenvalue weighted by Crippen LogP contribution is -2.37. The van der Waals surface area contributed by atoms with E-state index >= 15 is 0 Å². The summed E-state index contributed by atoms with van der Waals surface area (Å²) in [6.45, 7) is 4.09. The monoisotopic (exact) mass is 1100 g/mol. The molecule has 0 aliphatic heterocycles. The van der Waals surface area contributed by atoms with Crippen molar-refractivity contribution >= 4 is 19.8 Å². The molecule has 0 aromatic carbocycles. The molecule has 0 aliphatic rings. The van der Waals surface area contributed by atoms with Crippen LogP contribution in [0.2, 0.25) is 0 Å². The molecule has 0 amide bonds. The number of allylic oxidation sites excluding steroid dienone is 30. The van der Waals surface area contributed by atoms with Gasteiger partial charge in [0, 0.05) is 12.8 Å². The number of quaternary nitrogens is 1. The smallest absolute Gasteiger partial charge is 0.462 e. The number of hydrogen-bond donors (Lipinski definition) is 1. The summed E-state index contributed by atoms with van der Waals surface area (Å²) in [6.07, 6.45) is 88.4. The van der Waals surface area contributed by atoms with Gasteiger partial charge in [-0.15, -0.1) is 0 Å². The Kier molecular flexibility index (Phi) is 53.3. The molecule has 0 fully saturated rings. The molecular weight excluding hydrogens is 990 g/mol. The van der Waals surface area contributed by atoms with Crippen molar-refractivity contribution in [3.63, 3.8) is 0 Å². The molecule has 1 N–H and O–H groups in total. The van der Waals surface area contributed by atoms with Crippen molar-refractivity contribution in [2.45, 2.75) is 187 Å². The molecule has 0 heterocycles. The lowest BCUT2D eigenvalue weighted by molar-refractivity contribution is -0.870. The summed E-state index contributed by atoms with van der Waals surface area (Å²) in [7, 11) is 1.41. The second-order valence-corrected chi connectivity index (χ2v) is 21.4. The third kappa shape index (κ3) is 60.3. The Morgan fingerprint density at radius 3 is 1.05 bits per heavy atom. The molecule has 2 unspecified atom stereocenters. The zero-order valence-corrected chi connectivity index (χ0v) is 50.2. The minimum Gasteiger partial charge on any atom is -0.462 e. The van der Waals surface area contributed by atoms with Crippen LogP contribution in [0, 0.1) is 0 Å². The topological polar surface area (TPSA) is 108 Å². The molecule has 0 bridgehead atoms. The van der Waals surface area contributed by atoms with Gasteiger partial charge >= 0.3 is 19.8 Å². The summed E-state index contributed by atoms with van der Waals surface area (Å²) >= 11 is 0. The van der Waals surface area contributed by atoms with E-state index in [0.717, 1.165) is 141 Å². The van der Waals surface area contributed by atoms with Crippen LogP contribution in [0.15, 0.2) is 182 Å². The molecule has 78 heavy (non-hydrogen) atoms. The van der Waals surface area contributed by atoms with Crippen LogP contribution in [0.25, 0.3) is 0 Å². The fraction of sp³-hybridized carbons (Fsp3) is 0.529. The Morgan fingerprint density at radius 2 is 0.692 bits per heavy atom. The van der Waals surface area contributed by atoms with Crippen molar-refractivity contribution in [2.75, 3.05) is 47.5 Å². The number of rotatable bonds is 51. The van der Waals surface area contributed by atoms with Crippen LogP contribution >= 0.6 is 7.82 Å². The number of carbonyl (C=O) groups excluding carboxylic acids is 2. The van der Waals surface area contributed by atoms with Gasteiger partial charge in [0.1, 0.15) is 19.8 Å². The molecule has 0 rings (SSSR count). The molecule has 0 aromatic rings. The highest BCUT2D eigenvalue weighted by Gasteiger charge is 2.27. The van der Waals surface area contributed by atoms with Crippen LogP contribution in [0.1, 0.15) is 181 Å². The Bertz CT molecular complexity index is 1970. The number of unbranched alkanes of at least 4 members (excludes halogenated alkanes) is 7. The maximum atomic E-state index is 12.8. The SMILES string of the molecule is CC/C=C\C/C=C\C/C=C\C/C=C\C/C=C\C/C=C\C/C=C\C/C=C\C/C=C\C/C=C\C/C=C\CCCCCCCC(=O)OC(COC(=O)CCCC/C=C\C/C=C\C/C=C\C/C=C\CC)COP(=O)(O)OCC[N+](C)(C)C. The fourth-order valence-electron chi connectivity index (χ4n) is 6.95. The lowest BCUT2D eigenvalue weighted by atomic mass is 10.1. The van der Waals surface area contributed by atoms with Crippen LogP contribution in [-0.4, -0.2) is 74.9 Å². The van der Waals surface area contributed by atoms with E-state index in [1.165, 1.54) is 0 Å². The molecule has 0 aliphatic carbocycles. The normalized spacial score (nSPS) is 14.6. The van der Waals surface area contributed by atoms with Crippen molar-refractivity contribution in [1.29, 1.82) is 0 Å². The highest BCUT2D eigenvalue weighted by molar-refractivity contribution is 7.47.